The maximum atomic E-state index is 12.8. The third-order valence-electron chi connectivity index (χ3n) is 5.65. The fourth-order valence-electron chi connectivity index (χ4n) is 3.79. The average molecular weight is 447 g/mol. The highest BCUT2D eigenvalue weighted by molar-refractivity contribution is 5.96. The number of hydrogen-bond donors (Lipinski definition) is 1. The molecule has 0 saturated heterocycles. The Morgan fingerprint density at radius 1 is 0.853 bits per heavy atom. The van der Waals surface area contributed by atoms with Gasteiger partial charge in [-0.1, -0.05) is 18.2 Å². The van der Waals surface area contributed by atoms with Gasteiger partial charge in [0.15, 0.2) is 0 Å². The first-order valence-electron chi connectivity index (χ1n) is 10.9. The van der Waals surface area contributed by atoms with Gasteiger partial charge in [0.1, 0.15) is 11.5 Å². The van der Waals surface area contributed by atoms with E-state index in [1.54, 1.807) is 30.9 Å². The summed E-state index contributed by atoms with van der Waals surface area (Å²) >= 11 is 0. The van der Waals surface area contributed by atoms with Gasteiger partial charge in [-0.3, -0.25) is 19.7 Å². The smallest absolute Gasteiger partial charge is 0.251 e. The van der Waals surface area contributed by atoms with Crippen molar-refractivity contribution in [3.63, 3.8) is 0 Å². The van der Waals surface area contributed by atoms with Crippen molar-refractivity contribution >= 4 is 16.8 Å². The Labute approximate surface area is 197 Å². The first-order chi connectivity index (χ1) is 16.7. The van der Waals surface area contributed by atoms with Gasteiger partial charge in [-0.2, -0.15) is 0 Å². The van der Waals surface area contributed by atoms with Crippen LogP contribution in [0.5, 0.6) is 11.5 Å². The molecule has 0 aliphatic rings. The lowest BCUT2D eigenvalue weighted by atomic mass is 10.0. The highest BCUT2D eigenvalue weighted by Crippen LogP contribution is 2.33. The molecule has 34 heavy (non-hydrogen) atoms. The van der Waals surface area contributed by atoms with Gasteiger partial charge in [-0.25, -0.2) is 0 Å². The summed E-state index contributed by atoms with van der Waals surface area (Å²) in [6.45, 7) is 2.32. The molecule has 5 aromatic rings. The van der Waals surface area contributed by atoms with Crippen molar-refractivity contribution in [2.45, 2.75) is 13.5 Å². The summed E-state index contributed by atoms with van der Waals surface area (Å²) in [7, 11) is 0. The molecular weight excluding hydrogens is 424 g/mol. The number of rotatable bonds is 6. The highest BCUT2D eigenvalue weighted by atomic mass is 16.5. The van der Waals surface area contributed by atoms with E-state index >= 15 is 0 Å². The van der Waals surface area contributed by atoms with Gasteiger partial charge in [-0.05, 0) is 66.6 Å². The van der Waals surface area contributed by atoms with Crippen LogP contribution in [0.1, 0.15) is 21.5 Å². The van der Waals surface area contributed by atoms with Gasteiger partial charge in [0, 0.05) is 59.6 Å². The lowest BCUT2D eigenvalue weighted by Gasteiger charge is -2.14. The van der Waals surface area contributed by atoms with E-state index in [4.69, 9.17) is 4.74 Å². The van der Waals surface area contributed by atoms with E-state index in [1.807, 2.05) is 73.8 Å². The fourth-order valence-corrected chi connectivity index (χ4v) is 3.79. The number of hydrogen-bond acceptors (Lipinski definition) is 5. The zero-order valence-electron chi connectivity index (χ0n) is 18.6. The molecule has 5 rings (SSSR count). The van der Waals surface area contributed by atoms with Crippen molar-refractivity contribution < 1.29 is 9.53 Å². The quantitative estimate of drug-likeness (QED) is 0.361. The minimum absolute atomic E-state index is 0.152. The van der Waals surface area contributed by atoms with E-state index in [1.165, 1.54) is 0 Å². The molecule has 0 aliphatic carbocycles. The Balaban J connectivity index is 1.40. The van der Waals surface area contributed by atoms with Crippen molar-refractivity contribution in [1.82, 2.24) is 20.3 Å². The SMILES string of the molecule is Cc1c(Oc2ccnc3cc(-c4cccnc4)ccc23)cccc1C(=O)NCc1ccncc1. The number of amides is 1. The van der Waals surface area contributed by atoms with Crippen LogP contribution >= 0.6 is 0 Å². The van der Waals surface area contributed by atoms with Crippen LogP contribution < -0.4 is 10.1 Å². The van der Waals surface area contributed by atoms with Crippen molar-refractivity contribution in [2.24, 2.45) is 0 Å². The Hall–Kier alpha value is -4.58. The second kappa shape index (κ2) is 9.50. The third kappa shape index (κ3) is 4.47. The molecule has 0 spiro atoms. The summed E-state index contributed by atoms with van der Waals surface area (Å²) < 4.78 is 6.28. The second-order valence-corrected chi connectivity index (χ2v) is 7.85. The molecule has 1 N–H and O–H groups in total. The van der Waals surface area contributed by atoms with Crippen molar-refractivity contribution in [3.05, 3.63) is 114 Å². The maximum absolute atomic E-state index is 12.8. The van der Waals surface area contributed by atoms with Gasteiger partial charge < -0.3 is 10.1 Å². The Morgan fingerprint density at radius 2 is 1.74 bits per heavy atom. The molecule has 1 amide bonds. The third-order valence-corrected chi connectivity index (χ3v) is 5.65. The Kier molecular flexibility index (Phi) is 5.95. The molecule has 0 bridgehead atoms. The normalized spacial score (nSPS) is 10.7. The summed E-state index contributed by atoms with van der Waals surface area (Å²) in [4.78, 5) is 25.6. The van der Waals surface area contributed by atoms with Crippen LogP contribution in [0.3, 0.4) is 0 Å². The monoisotopic (exact) mass is 446 g/mol. The minimum atomic E-state index is -0.152. The van der Waals surface area contributed by atoms with Crippen LogP contribution in [0.4, 0.5) is 0 Å². The largest absolute Gasteiger partial charge is 0.456 e. The summed E-state index contributed by atoms with van der Waals surface area (Å²) in [6, 6.07) is 21.1. The van der Waals surface area contributed by atoms with Crippen LogP contribution in [-0.4, -0.2) is 20.9 Å². The van der Waals surface area contributed by atoms with Crippen LogP contribution in [0.25, 0.3) is 22.0 Å². The fraction of sp³-hybridized carbons (Fsp3) is 0.0714. The van der Waals surface area contributed by atoms with Gasteiger partial charge in [-0.15, -0.1) is 0 Å². The number of ether oxygens (including phenoxy) is 1. The van der Waals surface area contributed by atoms with Crippen molar-refractivity contribution in [1.29, 1.82) is 0 Å². The molecule has 0 radical (unpaired) electrons. The summed E-state index contributed by atoms with van der Waals surface area (Å²) in [5.41, 5.74) is 5.22. The zero-order valence-corrected chi connectivity index (χ0v) is 18.6. The Morgan fingerprint density at radius 3 is 2.56 bits per heavy atom. The first kappa shape index (κ1) is 21.3. The predicted molar refractivity (Wildman–Crippen MR) is 132 cm³/mol. The molecule has 3 aromatic heterocycles. The van der Waals surface area contributed by atoms with Gasteiger partial charge in [0.05, 0.1) is 5.52 Å². The molecular formula is C28H22N4O2. The number of nitrogens with zero attached hydrogens (tertiary/aromatic N) is 3. The molecule has 0 aliphatic heterocycles. The number of carbonyl (C=O) groups excluding carboxylic acids is 1. The van der Waals surface area contributed by atoms with Crippen molar-refractivity contribution in [2.75, 3.05) is 0 Å². The average Bonchev–Trinajstić information content (AvgIpc) is 2.89. The maximum Gasteiger partial charge on any atom is 0.251 e. The van der Waals surface area contributed by atoms with E-state index in [2.05, 4.69) is 20.3 Å². The van der Waals surface area contributed by atoms with Gasteiger partial charge >= 0.3 is 0 Å². The lowest BCUT2D eigenvalue weighted by Crippen LogP contribution is -2.23. The number of nitrogens with one attached hydrogen (secondary N) is 1. The molecule has 6 heteroatoms. The van der Waals surface area contributed by atoms with Crippen LogP contribution in [0, 0.1) is 6.92 Å². The predicted octanol–water partition coefficient (Wildman–Crippen LogP) is 5.72. The standard InChI is InChI=1S/C28H22N4O2/c1-19-23(28(33)32-17-20-9-13-29-14-10-20)5-2-6-26(19)34-27-11-15-31-25-16-21(7-8-24(25)27)22-4-3-12-30-18-22/h2-16,18H,17H2,1H3,(H,32,33). The summed E-state index contributed by atoms with van der Waals surface area (Å²) in [5, 5.41) is 3.85. The van der Waals surface area contributed by atoms with E-state index in [-0.39, 0.29) is 5.91 Å². The molecule has 0 unspecified atom stereocenters. The van der Waals surface area contributed by atoms with Gasteiger partial charge in [0.25, 0.3) is 5.91 Å². The second-order valence-electron chi connectivity index (χ2n) is 7.85. The van der Waals surface area contributed by atoms with E-state index < -0.39 is 0 Å². The molecule has 2 aromatic carbocycles. The van der Waals surface area contributed by atoms with Crippen LogP contribution in [-0.2, 0) is 6.54 Å². The highest BCUT2D eigenvalue weighted by Gasteiger charge is 2.14. The minimum Gasteiger partial charge on any atom is -0.456 e. The summed E-state index contributed by atoms with van der Waals surface area (Å²) in [5.74, 6) is 1.15. The number of fused-ring (bicyclic) bond motifs is 1. The van der Waals surface area contributed by atoms with Gasteiger partial charge in [0.2, 0.25) is 0 Å². The number of carbonyl (C=O) groups is 1. The first-order valence-corrected chi connectivity index (χ1v) is 10.9. The van der Waals surface area contributed by atoms with E-state index in [0.717, 1.165) is 33.2 Å². The molecule has 0 fully saturated rings. The number of pyridine rings is 3. The molecule has 166 valence electrons. The number of benzene rings is 2. The molecule has 3 heterocycles. The topological polar surface area (TPSA) is 77.0 Å². The van der Waals surface area contributed by atoms with Crippen LogP contribution in [0.2, 0.25) is 0 Å². The molecule has 0 saturated carbocycles. The molecule has 6 nitrogen and oxygen atoms in total. The lowest BCUT2D eigenvalue weighted by molar-refractivity contribution is 0.0950. The number of aromatic nitrogens is 3. The zero-order chi connectivity index (χ0) is 23.3. The summed E-state index contributed by atoms with van der Waals surface area (Å²) in [6.07, 6.45) is 8.73. The van der Waals surface area contributed by atoms with Crippen molar-refractivity contribution in [3.8, 4) is 22.6 Å². The van der Waals surface area contributed by atoms with E-state index in [9.17, 15) is 4.79 Å². The Bertz CT molecular complexity index is 1450. The van der Waals surface area contributed by atoms with E-state index in [0.29, 0.717) is 23.6 Å². The molecule has 0 atom stereocenters. The van der Waals surface area contributed by atoms with Crippen LogP contribution in [0.15, 0.2) is 97.7 Å².